The van der Waals surface area contributed by atoms with E-state index in [1.54, 1.807) is 24.3 Å². The molecule has 4 nitrogen and oxygen atoms in total. The average molecular weight is 418 g/mol. The quantitative estimate of drug-likeness (QED) is 0.409. The van der Waals surface area contributed by atoms with E-state index >= 15 is 0 Å². The van der Waals surface area contributed by atoms with Gasteiger partial charge in [-0.05, 0) is 90.7 Å². The van der Waals surface area contributed by atoms with Crippen LogP contribution in [0.1, 0.15) is 49.7 Å². The summed E-state index contributed by atoms with van der Waals surface area (Å²) < 4.78 is 43.6. The summed E-state index contributed by atoms with van der Waals surface area (Å²) in [7, 11) is 0. The number of nitrogens with two attached hydrogens (primary N) is 2. The highest BCUT2D eigenvalue weighted by molar-refractivity contribution is 5.57. The number of hydrogen-bond donors (Lipinski definition) is 4. The Labute approximate surface area is 172 Å². The van der Waals surface area contributed by atoms with Gasteiger partial charge in [-0.1, -0.05) is 12.1 Å². The fraction of sp³-hybridized carbons (Fsp3) is 0.478. The Morgan fingerprint density at radius 3 is 1.63 bits per heavy atom. The molecule has 0 heterocycles. The first kappa shape index (κ1) is 19.4. The van der Waals surface area contributed by atoms with E-state index < -0.39 is 22.4 Å². The van der Waals surface area contributed by atoms with E-state index in [0.717, 1.165) is 11.1 Å². The average Bonchev–Trinajstić information content (AvgIpc) is 2.64. The minimum atomic E-state index is -4.31. The zero-order valence-corrected chi connectivity index (χ0v) is 16.5. The molecule has 4 saturated carbocycles. The molecule has 4 aliphatic rings. The van der Waals surface area contributed by atoms with Crippen molar-refractivity contribution in [3.8, 4) is 11.5 Å². The van der Waals surface area contributed by atoms with Gasteiger partial charge in [-0.15, -0.1) is 0 Å². The maximum Gasteiger partial charge on any atom is 0.394 e. The number of phenolic OH excluding ortho intramolecular Hbond substituents is 2. The minimum absolute atomic E-state index is 0.0412. The van der Waals surface area contributed by atoms with Crippen LogP contribution < -0.4 is 11.5 Å². The predicted octanol–water partition coefficient (Wildman–Crippen LogP) is 4.98. The summed E-state index contributed by atoms with van der Waals surface area (Å²) in [5.41, 5.74) is 10.7. The van der Waals surface area contributed by atoms with E-state index in [2.05, 4.69) is 0 Å². The molecule has 6 rings (SSSR count). The van der Waals surface area contributed by atoms with Gasteiger partial charge in [-0.3, -0.25) is 0 Å². The van der Waals surface area contributed by atoms with Crippen LogP contribution in [0.2, 0.25) is 0 Å². The van der Waals surface area contributed by atoms with Gasteiger partial charge in [0.15, 0.2) is 0 Å². The monoisotopic (exact) mass is 418 g/mol. The number of halogens is 3. The topological polar surface area (TPSA) is 92.5 Å². The van der Waals surface area contributed by atoms with Crippen LogP contribution in [0.3, 0.4) is 0 Å². The van der Waals surface area contributed by atoms with Gasteiger partial charge >= 0.3 is 6.18 Å². The van der Waals surface area contributed by atoms with Crippen LogP contribution in [0.15, 0.2) is 36.4 Å². The number of benzene rings is 2. The molecule has 2 aromatic rings. The van der Waals surface area contributed by atoms with Gasteiger partial charge in [0.05, 0.1) is 16.8 Å². The van der Waals surface area contributed by atoms with Crippen molar-refractivity contribution in [3.63, 3.8) is 0 Å². The van der Waals surface area contributed by atoms with Gasteiger partial charge in [0.1, 0.15) is 11.5 Å². The molecule has 4 fully saturated rings. The standard InChI is InChI=1S/C23H25F3N2O2/c24-23(25,26)22-9-13-7-20(11-22,14-1-3-18(29)16(27)5-14)10-21(8-13,12-22)15-2-4-19(30)17(28)6-15/h1-6,13,29-30H,7-12,27-28H2. The summed E-state index contributed by atoms with van der Waals surface area (Å²) >= 11 is 0. The molecule has 0 amide bonds. The SMILES string of the molecule is Nc1cc(C23CC4CC(c5ccc(O)c(N)c5)(C2)CC(C(F)(F)F)(C4)C3)ccc1O. The zero-order chi connectivity index (χ0) is 21.5. The molecule has 30 heavy (non-hydrogen) atoms. The lowest BCUT2D eigenvalue weighted by Gasteiger charge is -2.67. The van der Waals surface area contributed by atoms with Crippen molar-refractivity contribution in [3.05, 3.63) is 47.5 Å². The minimum Gasteiger partial charge on any atom is -0.506 e. The van der Waals surface area contributed by atoms with Crippen molar-refractivity contribution in [1.29, 1.82) is 0 Å². The van der Waals surface area contributed by atoms with Crippen LogP contribution in [0.25, 0.3) is 0 Å². The molecule has 2 unspecified atom stereocenters. The summed E-state index contributed by atoms with van der Waals surface area (Å²) in [5, 5.41) is 19.7. The summed E-state index contributed by atoms with van der Waals surface area (Å²) in [4.78, 5) is 0. The van der Waals surface area contributed by atoms with Crippen molar-refractivity contribution >= 4 is 11.4 Å². The van der Waals surface area contributed by atoms with E-state index in [1.165, 1.54) is 12.1 Å². The molecule has 0 aromatic heterocycles. The third-order valence-electron chi connectivity index (χ3n) is 7.95. The normalized spacial score (nSPS) is 35.0. The van der Waals surface area contributed by atoms with Crippen molar-refractivity contribution in [1.82, 2.24) is 0 Å². The molecule has 7 heteroatoms. The Balaban J connectivity index is 1.70. The second-order valence-corrected chi connectivity index (χ2v) is 9.89. The van der Waals surface area contributed by atoms with Crippen molar-refractivity contribution in [2.75, 3.05) is 11.5 Å². The number of rotatable bonds is 2. The third kappa shape index (κ3) is 2.53. The smallest absolute Gasteiger partial charge is 0.394 e. The van der Waals surface area contributed by atoms with Gasteiger partial charge in [0.25, 0.3) is 0 Å². The van der Waals surface area contributed by atoms with Crippen LogP contribution in [0.5, 0.6) is 11.5 Å². The molecular weight excluding hydrogens is 393 g/mol. The fourth-order valence-corrected chi connectivity index (χ4v) is 7.17. The Kier molecular flexibility index (Phi) is 3.73. The summed E-state index contributed by atoms with van der Waals surface area (Å²) in [6.45, 7) is 0. The van der Waals surface area contributed by atoms with Crippen molar-refractivity contribution in [2.45, 2.75) is 55.5 Å². The molecule has 4 bridgehead atoms. The number of nitrogen functional groups attached to an aromatic ring is 2. The number of hydrogen-bond acceptors (Lipinski definition) is 4. The Morgan fingerprint density at radius 1 is 0.767 bits per heavy atom. The van der Waals surface area contributed by atoms with Crippen molar-refractivity contribution in [2.24, 2.45) is 11.3 Å². The molecule has 6 N–H and O–H groups in total. The molecule has 2 aromatic carbocycles. The number of anilines is 2. The lowest BCUT2D eigenvalue weighted by molar-refractivity contribution is -0.281. The largest absolute Gasteiger partial charge is 0.506 e. The van der Waals surface area contributed by atoms with Crippen LogP contribution >= 0.6 is 0 Å². The van der Waals surface area contributed by atoms with Crippen LogP contribution in [-0.2, 0) is 10.8 Å². The molecule has 0 spiro atoms. The zero-order valence-electron chi connectivity index (χ0n) is 16.5. The highest BCUT2D eigenvalue weighted by Crippen LogP contribution is 2.73. The molecule has 160 valence electrons. The maximum atomic E-state index is 14.5. The first-order valence-corrected chi connectivity index (χ1v) is 10.2. The molecular formula is C23H25F3N2O2. The Hall–Kier alpha value is -2.57. The Morgan fingerprint density at radius 2 is 1.23 bits per heavy atom. The lowest BCUT2D eigenvalue weighted by Crippen LogP contribution is -2.64. The van der Waals surface area contributed by atoms with Crippen LogP contribution in [-0.4, -0.2) is 16.4 Å². The van der Waals surface area contributed by atoms with Crippen LogP contribution in [0.4, 0.5) is 24.5 Å². The van der Waals surface area contributed by atoms with Crippen LogP contribution in [0, 0.1) is 11.3 Å². The van der Waals surface area contributed by atoms with E-state index in [9.17, 15) is 23.4 Å². The predicted molar refractivity (Wildman–Crippen MR) is 108 cm³/mol. The lowest BCUT2D eigenvalue weighted by atomic mass is 9.37. The highest BCUT2D eigenvalue weighted by atomic mass is 19.4. The first-order valence-electron chi connectivity index (χ1n) is 10.2. The first-order chi connectivity index (χ1) is 14.0. The number of alkyl halides is 3. The van der Waals surface area contributed by atoms with Gasteiger partial charge in [-0.25, -0.2) is 0 Å². The van der Waals surface area contributed by atoms with E-state index in [-0.39, 0.29) is 48.1 Å². The summed E-state index contributed by atoms with van der Waals surface area (Å²) in [6.07, 6.45) is -2.13. The summed E-state index contributed by atoms with van der Waals surface area (Å²) in [6, 6.07) is 9.70. The molecule has 2 atom stereocenters. The fourth-order valence-electron chi connectivity index (χ4n) is 7.17. The third-order valence-corrected chi connectivity index (χ3v) is 7.95. The van der Waals surface area contributed by atoms with Gasteiger partial charge in [-0.2, -0.15) is 13.2 Å². The second-order valence-electron chi connectivity index (χ2n) is 9.89. The van der Waals surface area contributed by atoms with E-state index in [0.29, 0.717) is 19.3 Å². The molecule has 0 saturated heterocycles. The highest BCUT2D eigenvalue weighted by Gasteiger charge is 2.71. The molecule has 0 radical (unpaired) electrons. The second kappa shape index (κ2) is 5.77. The van der Waals surface area contributed by atoms with Gasteiger partial charge in [0.2, 0.25) is 0 Å². The molecule has 0 aliphatic heterocycles. The van der Waals surface area contributed by atoms with Crippen molar-refractivity contribution < 1.29 is 23.4 Å². The Bertz CT molecular complexity index is 968. The molecule has 4 aliphatic carbocycles. The van der Waals surface area contributed by atoms with E-state index in [4.69, 9.17) is 11.5 Å². The number of aromatic hydroxyl groups is 2. The number of phenols is 2. The maximum absolute atomic E-state index is 14.5. The summed E-state index contributed by atoms with van der Waals surface area (Å²) in [5.74, 6) is -0.182. The van der Waals surface area contributed by atoms with Gasteiger partial charge < -0.3 is 21.7 Å². The van der Waals surface area contributed by atoms with E-state index in [1.807, 2.05) is 0 Å². The van der Waals surface area contributed by atoms with Gasteiger partial charge in [0, 0.05) is 0 Å².